The van der Waals surface area contributed by atoms with E-state index in [2.05, 4.69) is 24.4 Å². The van der Waals surface area contributed by atoms with Crippen LogP contribution >= 0.6 is 0 Å². The van der Waals surface area contributed by atoms with E-state index in [0.29, 0.717) is 0 Å². The molecule has 0 atom stereocenters. The zero-order valence-electron chi connectivity index (χ0n) is 8.76. The quantitative estimate of drug-likeness (QED) is 0.617. The third-order valence-electron chi connectivity index (χ3n) is 2.34. The van der Waals surface area contributed by atoms with Gasteiger partial charge < -0.3 is 5.73 Å². The van der Waals surface area contributed by atoms with E-state index in [1.54, 1.807) is 0 Å². The minimum absolute atomic E-state index is 0.601. The van der Waals surface area contributed by atoms with Crippen LogP contribution in [0.2, 0.25) is 0 Å². The van der Waals surface area contributed by atoms with Gasteiger partial charge in [-0.2, -0.15) is 5.10 Å². The van der Waals surface area contributed by atoms with Gasteiger partial charge in [0.05, 0.1) is 5.71 Å². The van der Waals surface area contributed by atoms with Crippen molar-refractivity contribution in [3.63, 3.8) is 0 Å². The Morgan fingerprint density at radius 1 is 1.36 bits per heavy atom. The molecule has 1 aliphatic rings. The minimum atomic E-state index is -0.601. The topological polar surface area (TPSA) is 67.5 Å². The van der Waals surface area contributed by atoms with Crippen molar-refractivity contribution in [2.45, 2.75) is 39.5 Å². The Morgan fingerprint density at radius 3 is 2.57 bits per heavy atom. The van der Waals surface area contributed by atoms with Gasteiger partial charge in [0.2, 0.25) is 0 Å². The number of nitrogens with one attached hydrogen (secondary N) is 1. The van der Waals surface area contributed by atoms with Crippen molar-refractivity contribution in [1.82, 2.24) is 5.43 Å². The second kappa shape index (κ2) is 4.79. The molecule has 0 saturated heterocycles. The Hall–Kier alpha value is -1.32. The first-order chi connectivity index (χ1) is 6.61. The van der Waals surface area contributed by atoms with Crippen molar-refractivity contribution in [2.75, 3.05) is 0 Å². The zero-order valence-corrected chi connectivity index (χ0v) is 8.76. The summed E-state index contributed by atoms with van der Waals surface area (Å²) in [5.74, 6) is 0. The lowest BCUT2D eigenvalue weighted by atomic mass is 9.90. The summed E-state index contributed by atoms with van der Waals surface area (Å²) in [5.41, 5.74) is 10.8. The van der Waals surface area contributed by atoms with Gasteiger partial charge in [0.25, 0.3) is 0 Å². The third kappa shape index (κ3) is 2.87. The van der Waals surface area contributed by atoms with Gasteiger partial charge in [0, 0.05) is 0 Å². The molecular formula is C10H17N3O. The Balaban J connectivity index is 2.78. The van der Waals surface area contributed by atoms with Gasteiger partial charge in [0.1, 0.15) is 0 Å². The molecule has 3 N–H and O–H groups in total. The standard InChI is InChI=1S/C10H17N3O/c1-7(2)8-5-3-4-6-9(8)12-13-10(11)14/h3-6H2,1-2H3,(H3,11,13,14)/b12-9+. The highest BCUT2D eigenvalue weighted by molar-refractivity contribution is 6.01. The summed E-state index contributed by atoms with van der Waals surface area (Å²) >= 11 is 0. The first kappa shape index (κ1) is 10.8. The van der Waals surface area contributed by atoms with Crippen LogP contribution in [0, 0.1) is 0 Å². The number of nitrogens with two attached hydrogens (primary N) is 1. The summed E-state index contributed by atoms with van der Waals surface area (Å²) in [6.45, 7) is 4.14. The van der Waals surface area contributed by atoms with Gasteiger partial charge in [-0.3, -0.25) is 0 Å². The van der Waals surface area contributed by atoms with Crippen LogP contribution in [-0.4, -0.2) is 11.7 Å². The molecule has 78 valence electrons. The second-order valence-electron chi connectivity index (χ2n) is 3.72. The van der Waals surface area contributed by atoms with E-state index in [1.165, 1.54) is 17.6 Å². The molecule has 1 aliphatic carbocycles. The fourth-order valence-corrected chi connectivity index (χ4v) is 1.67. The van der Waals surface area contributed by atoms with E-state index in [1.807, 2.05) is 0 Å². The molecule has 0 aliphatic heterocycles. The Kier molecular flexibility index (Phi) is 3.68. The van der Waals surface area contributed by atoms with E-state index in [9.17, 15) is 4.79 Å². The van der Waals surface area contributed by atoms with Crippen LogP contribution in [0.15, 0.2) is 16.2 Å². The van der Waals surface area contributed by atoms with Gasteiger partial charge >= 0.3 is 6.03 Å². The molecule has 0 bridgehead atoms. The van der Waals surface area contributed by atoms with Crippen molar-refractivity contribution in [2.24, 2.45) is 10.8 Å². The van der Waals surface area contributed by atoms with Crippen molar-refractivity contribution in [3.05, 3.63) is 11.1 Å². The highest BCUT2D eigenvalue weighted by atomic mass is 16.2. The SMILES string of the molecule is CC(C)=C1CCCC/C1=N\NC(N)=O. The van der Waals surface area contributed by atoms with E-state index in [4.69, 9.17) is 5.73 Å². The second-order valence-corrected chi connectivity index (χ2v) is 3.72. The van der Waals surface area contributed by atoms with Crippen LogP contribution in [0.1, 0.15) is 39.5 Å². The smallest absolute Gasteiger partial charge is 0.332 e. The maximum absolute atomic E-state index is 10.5. The summed E-state index contributed by atoms with van der Waals surface area (Å²) in [7, 11) is 0. The Labute approximate surface area is 84.2 Å². The van der Waals surface area contributed by atoms with Crippen LogP contribution < -0.4 is 11.2 Å². The van der Waals surface area contributed by atoms with Gasteiger partial charge in [-0.15, -0.1) is 0 Å². The molecule has 0 spiro atoms. The number of carbonyl (C=O) groups is 1. The summed E-state index contributed by atoms with van der Waals surface area (Å²) in [4.78, 5) is 10.5. The fraction of sp³-hybridized carbons (Fsp3) is 0.600. The first-order valence-electron chi connectivity index (χ1n) is 4.90. The molecule has 14 heavy (non-hydrogen) atoms. The molecule has 1 saturated carbocycles. The van der Waals surface area contributed by atoms with Crippen molar-refractivity contribution < 1.29 is 4.79 Å². The predicted molar refractivity (Wildman–Crippen MR) is 57.0 cm³/mol. The lowest BCUT2D eigenvalue weighted by Crippen LogP contribution is -2.27. The lowest BCUT2D eigenvalue weighted by Gasteiger charge is -2.18. The number of urea groups is 1. The molecule has 1 rings (SSSR count). The number of carbonyl (C=O) groups excluding carboxylic acids is 1. The fourth-order valence-electron chi connectivity index (χ4n) is 1.67. The zero-order chi connectivity index (χ0) is 10.6. The van der Waals surface area contributed by atoms with Gasteiger partial charge in [0.15, 0.2) is 0 Å². The summed E-state index contributed by atoms with van der Waals surface area (Å²) < 4.78 is 0. The van der Waals surface area contributed by atoms with Crippen molar-refractivity contribution >= 4 is 11.7 Å². The highest BCUT2D eigenvalue weighted by Crippen LogP contribution is 2.23. The van der Waals surface area contributed by atoms with E-state index < -0.39 is 6.03 Å². The molecule has 0 aromatic heterocycles. The molecule has 0 aromatic carbocycles. The molecule has 2 amide bonds. The number of hydrogen-bond donors (Lipinski definition) is 2. The monoisotopic (exact) mass is 195 g/mol. The predicted octanol–water partition coefficient (Wildman–Crippen LogP) is 1.92. The molecule has 4 nitrogen and oxygen atoms in total. The number of amides is 2. The molecular weight excluding hydrogens is 178 g/mol. The minimum Gasteiger partial charge on any atom is -0.350 e. The van der Waals surface area contributed by atoms with E-state index in [0.717, 1.165) is 25.0 Å². The van der Waals surface area contributed by atoms with Gasteiger partial charge in [-0.25, -0.2) is 10.2 Å². The molecule has 0 heterocycles. The third-order valence-corrected chi connectivity index (χ3v) is 2.34. The van der Waals surface area contributed by atoms with Crippen molar-refractivity contribution in [1.29, 1.82) is 0 Å². The van der Waals surface area contributed by atoms with Crippen LogP contribution in [0.25, 0.3) is 0 Å². The first-order valence-corrected chi connectivity index (χ1v) is 4.90. The van der Waals surface area contributed by atoms with E-state index >= 15 is 0 Å². The largest absolute Gasteiger partial charge is 0.350 e. The number of primary amides is 1. The molecule has 0 aromatic rings. The van der Waals surface area contributed by atoms with Gasteiger partial charge in [-0.05, 0) is 45.1 Å². The number of allylic oxidation sites excluding steroid dienone is 2. The van der Waals surface area contributed by atoms with E-state index in [-0.39, 0.29) is 0 Å². The summed E-state index contributed by atoms with van der Waals surface area (Å²) in [6.07, 6.45) is 4.33. The maximum Gasteiger partial charge on any atom is 0.332 e. The maximum atomic E-state index is 10.5. The van der Waals surface area contributed by atoms with Crippen LogP contribution in [-0.2, 0) is 0 Å². The summed E-state index contributed by atoms with van der Waals surface area (Å²) in [5, 5.41) is 4.02. The average molecular weight is 195 g/mol. The Morgan fingerprint density at radius 2 is 2.00 bits per heavy atom. The van der Waals surface area contributed by atoms with Crippen LogP contribution in [0.4, 0.5) is 4.79 Å². The number of hydrazone groups is 1. The summed E-state index contributed by atoms with van der Waals surface area (Å²) in [6, 6.07) is -0.601. The number of rotatable bonds is 1. The normalized spacial score (nSPS) is 19.6. The lowest BCUT2D eigenvalue weighted by molar-refractivity contribution is 0.249. The number of hydrogen-bond acceptors (Lipinski definition) is 2. The molecule has 0 radical (unpaired) electrons. The van der Waals surface area contributed by atoms with Crippen LogP contribution in [0.3, 0.4) is 0 Å². The molecule has 0 unspecified atom stereocenters. The average Bonchev–Trinajstić information content (AvgIpc) is 2.15. The van der Waals surface area contributed by atoms with Crippen LogP contribution in [0.5, 0.6) is 0 Å². The van der Waals surface area contributed by atoms with Crippen molar-refractivity contribution in [3.8, 4) is 0 Å². The number of nitrogens with zero attached hydrogens (tertiary/aromatic N) is 1. The molecule has 1 fully saturated rings. The Bertz CT molecular complexity index is 288. The van der Waals surface area contributed by atoms with Gasteiger partial charge in [-0.1, -0.05) is 5.57 Å². The highest BCUT2D eigenvalue weighted by Gasteiger charge is 2.14. The molecule has 4 heteroatoms.